The average molecular weight is 327 g/mol. The van der Waals surface area contributed by atoms with Gasteiger partial charge in [-0.1, -0.05) is 0 Å². The average Bonchev–Trinajstić information content (AvgIpc) is 2.63. The van der Waals surface area contributed by atoms with Crippen LogP contribution < -0.4 is 0 Å². The maximum Gasteiger partial charge on any atom is 0.525 e. The Balaban J connectivity index is 1.53. The number of hydrogen-bond acceptors (Lipinski definition) is 4. The maximum atomic E-state index is 14.6. The Hall–Kier alpha value is -0.0351. The summed E-state index contributed by atoms with van der Waals surface area (Å²) in [6, 6.07) is 0. The van der Waals surface area contributed by atoms with Gasteiger partial charge in [0.1, 0.15) is 5.73 Å². The van der Waals surface area contributed by atoms with Crippen molar-refractivity contribution >= 4 is 18.9 Å². The molecule has 0 atom stereocenters. The van der Waals surface area contributed by atoms with E-state index in [1.54, 1.807) is 0 Å². The van der Waals surface area contributed by atoms with Gasteiger partial charge in [0.15, 0.2) is 0 Å². The lowest BCUT2D eigenvalue weighted by molar-refractivity contribution is 0.00578. The maximum absolute atomic E-state index is 14.6. The normalized spacial score (nSPS) is 31.2. The molecule has 0 aromatic carbocycles. The summed E-state index contributed by atoms with van der Waals surface area (Å²) in [6.45, 7) is 11.3. The summed E-state index contributed by atoms with van der Waals surface area (Å²) < 4.78 is 26.2. The Morgan fingerprint density at radius 1 is 1.18 bits per heavy atom. The third-order valence-corrected chi connectivity index (χ3v) is 6.43. The van der Waals surface area contributed by atoms with Crippen LogP contribution in [0.2, 0.25) is 0 Å². The van der Waals surface area contributed by atoms with Crippen molar-refractivity contribution in [1.82, 2.24) is 4.90 Å². The molecule has 1 aliphatic carbocycles. The van der Waals surface area contributed by atoms with E-state index in [2.05, 4.69) is 4.90 Å². The number of rotatable bonds is 3. The summed E-state index contributed by atoms with van der Waals surface area (Å²) in [4.78, 5) is 2.52. The monoisotopic (exact) mass is 327 g/mol. The molecule has 2 aliphatic heterocycles. The predicted octanol–water partition coefficient (Wildman–Crippen LogP) is 3.30. The van der Waals surface area contributed by atoms with E-state index in [4.69, 9.17) is 9.31 Å². The molecular formula is C16H27BFNO2S. The van der Waals surface area contributed by atoms with Crippen LogP contribution >= 0.6 is 11.8 Å². The molecule has 0 aromatic rings. The first-order chi connectivity index (χ1) is 10.3. The van der Waals surface area contributed by atoms with Gasteiger partial charge in [-0.05, 0) is 52.0 Å². The van der Waals surface area contributed by atoms with Gasteiger partial charge in [-0.2, -0.15) is 11.8 Å². The quantitative estimate of drug-likeness (QED) is 0.742. The minimum Gasteiger partial charge on any atom is -0.398 e. The van der Waals surface area contributed by atoms with Gasteiger partial charge in [-0.15, -0.1) is 0 Å². The molecule has 3 nitrogen and oxygen atoms in total. The third-order valence-electron chi connectivity index (χ3n) is 5.49. The molecule has 3 aliphatic rings. The molecule has 6 heteroatoms. The van der Waals surface area contributed by atoms with E-state index < -0.39 is 18.3 Å². The first kappa shape index (κ1) is 16.8. The number of allylic oxidation sites excluding steroid dienone is 1. The summed E-state index contributed by atoms with van der Waals surface area (Å²) in [5, 5.41) is 0. The molecule has 124 valence electrons. The van der Waals surface area contributed by atoms with Crippen LogP contribution in [0.5, 0.6) is 0 Å². The Labute approximate surface area is 138 Å². The highest BCUT2D eigenvalue weighted by molar-refractivity contribution is 7.99. The van der Waals surface area contributed by atoms with Gasteiger partial charge in [-0.25, -0.2) is 4.39 Å². The smallest absolute Gasteiger partial charge is 0.398 e. The Morgan fingerprint density at radius 3 is 2.27 bits per heavy atom. The largest absolute Gasteiger partial charge is 0.525 e. The van der Waals surface area contributed by atoms with Crippen molar-refractivity contribution in [2.75, 3.05) is 31.1 Å². The summed E-state index contributed by atoms with van der Waals surface area (Å²) in [7, 11) is -0.813. The first-order valence-electron chi connectivity index (χ1n) is 8.32. The second-order valence-electron chi connectivity index (χ2n) is 7.73. The fourth-order valence-corrected chi connectivity index (χ4v) is 4.20. The van der Waals surface area contributed by atoms with Gasteiger partial charge in [0.2, 0.25) is 0 Å². The molecular weight excluding hydrogens is 300 g/mol. The minimum atomic E-state index is -0.813. The van der Waals surface area contributed by atoms with Gasteiger partial charge in [0.05, 0.1) is 11.2 Å². The van der Waals surface area contributed by atoms with Crippen LogP contribution in [0, 0.1) is 5.92 Å². The molecule has 0 amide bonds. The van der Waals surface area contributed by atoms with Gasteiger partial charge in [0, 0.05) is 31.1 Å². The molecule has 0 unspecified atom stereocenters. The minimum absolute atomic E-state index is 0.177. The van der Waals surface area contributed by atoms with Crippen molar-refractivity contribution in [3.8, 4) is 0 Å². The summed E-state index contributed by atoms with van der Waals surface area (Å²) in [6.07, 6.45) is 1.72. The van der Waals surface area contributed by atoms with Gasteiger partial charge in [-0.3, -0.25) is 0 Å². The second-order valence-corrected chi connectivity index (χ2v) is 8.95. The predicted molar refractivity (Wildman–Crippen MR) is 90.7 cm³/mol. The van der Waals surface area contributed by atoms with Gasteiger partial charge >= 0.3 is 7.12 Å². The zero-order chi connectivity index (χ0) is 16.0. The molecule has 0 radical (unpaired) electrons. The van der Waals surface area contributed by atoms with E-state index >= 15 is 0 Å². The molecule has 22 heavy (non-hydrogen) atoms. The standard InChI is InChI=1S/C16H27BFNO2S/c1-15(2)16(3,4)21-17(20-15)14(18)13-9-12(10-13)11-19-5-7-22-8-6-19/h12H,5-11H2,1-4H3. The van der Waals surface area contributed by atoms with Crippen LogP contribution in [0.4, 0.5) is 4.39 Å². The molecule has 3 fully saturated rings. The lowest BCUT2D eigenvalue weighted by Crippen LogP contribution is -2.41. The third kappa shape index (κ3) is 3.26. The Kier molecular flexibility index (Phi) is 4.67. The molecule has 0 bridgehead atoms. The number of nitrogens with zero attached hydrogens (tertiary/aromatic N) is 1. The fourth-order valence-electron chi connectivity index (χ4n) is 3.22. The molecule has 1 saturated carbocycles. The van der Waals surface area contributed by atoms with Crippen LogP contribution in [-0.2, 0) is 9.31 Å². The highest BCUT2D eigenvalue weighted by Crippen LogP contribution is 2.43. The van der Waals surface area contributed by atoms with E-state index in [-0.39, 0.29) is 5.73 Å². The van der Waals surface area contributed by atoms with Crippen molar-refractivity contribution in [2.45, 2.75) is 51.7 Å². The molecule has 0 aromatic heterocycles. The number of halogens is 1. The van der Waals surface area contributed by atoms with Crippen molar-refractivity contribution in [3.63, 3.8) is 0 Å². The van der Waals surface area contributed by atoms with Crippen LogP contribution in [0.1, 0.15) is 40.5 Å². The van der Waals surface area contributed by atoms with Crippen LogP contribution in [0.3, 0.4) is 0 Å². The van der Waals surface area contributed by atoms with Crippen LogP contribution in [0.15, 0.2) is 11.3 Å². The number of thioether (sulfide) groups is 1. The summed E-state index contributed by atoms with van der Waals surface area (Å²) in [5.41, 5.74) is -0.215. The van der Waals surface area contributed by atoms with E-state index in [1.807, 2.05) is 39.5 Å². The SMILES string of the molecule is CC1(C)OB(C(F)=C2CC(CN3CCSCC3)C2)OC1(C)C. The molecule has 3 rings (SSSR count). The molecule has 0 spiro atoms. The second kappa shape index (κ2) is 6.12. The van der Waals surface area contributed by atoms with Gasteiger partial charge in [0.25, 0.3) is 0 Å². The van der Waals surface area contributed by atoms with Crippen molar-refractivity contribution in [3.05, 3.63) is 11.3 Å². The molecule has 0 N–H and O–H groups in total. The lowest BCUT2D eigenvalue weighted by atomic mass is 9.72. The van der Waals surface area contributed by atoms with Crippen molar-refractivity contribution < 1.29 is 13.7 Å². The van der Waals surface area contributed by atoms with E-state index in [0.29, 0.717) is 5.92 Å². The van der Waals surface area contributed by atoms with Crippen molar-refractivity contribution in [1.29, 1.82) is 0 Å². The van der Waals surface area contributed by atoms with Crippen LogP contribution in [-0.4, -0.2) is 54.4 Å². The first-order valence-corrected chi connectivity index (χ1v) is 9.47. The zero-order valence-electron chi connectivity index (χ0n) is 14.2. The Morgan fingerprint density at radius 2 is 1.73 bits per heavy atom. The van der Waals surface area contributed by atoms with E-state index in [1.165, 1.54) is 24.6 Å². The highest BCUT2D eigenvalue weighted by atomic mass is 32.2. The van der Waals surface area contributed by atoms with Gasteiger partial charge < -0.3 is 14.2 Å². The summed E-state index contributed by atoms with van der Waals surface area (Å²) >= 11 is 2.03. The van der Waals surface area contributed by atoms with E-state index in [0.717, 1.165) is 25.0 Å². The fraction of sp³-hybridized carbons (Fsp3) is 0.875. The zero-order valence-corrected chi connectivity index (χ0v) is 15.0. The lowest BCUT2D eigenvalue weighted by Gasteiger charge is -2.36. The Bertz CT molecular complexity index is 439. The van der Waals surface area contributed by atoms with Crippen molar-refractivity contribution in [2.24, 2.45) is 5.92 Å². The van der Waals surface area contributed by atoms with Crippen LogP contribution in [0.25, 0.3) is 0 Å². The topological polar surface area (TPSA) is 21.7 Å². The number of hydrogen-bond donors (Lipinski definition) is 0. The molecule has 2 saturated heterocycles. The molecule has 2 heterocycles. The highest BCUT2D eigenvalue weighted by Gasteiger charge is 2.54. The summed E-state index contributed by atoms with van der Waals surface area (Å²) in [5.74, 6) is 3.07. The van der Waals surface area contributed by atoms with E-state index in [9.17, 15) is 4.39 Å².